The number of furan rings is 1. The van der Waals surface area contributed by atoms with Crippen LogP contribution < -0.4 is 5.32 Å². The van der Waals surface area contributed by atoms with Crippen LogP contribution in [0.2, 0.25) is 0 Å². The summed E-state index contributed by atoms with van der Waals surface area (Å²) in [5.41, 5.74) is 0.655. The molecule has 2 heterocycles. The number of nitrogens with zero attached hydrogens (tertiary/aromatic N) is 1. The third kappa shape index (κ3) is 2.68. The van der Waals surface area contributed by atoms with E-state index in [1.54, 1.807) is 6.07 Å². The largest absolute Gasteiger partial charge is 0.475 e. The Kier molecular flexibility index (Phi) is 4.04. The van der Waals surface area contributed by atoms with Crippen molar-refractivity contribution in [1.82, 2.24) is 4.98 Å². The van der Waals surface area contributed by atoms with Gasteiger partial charge in [0, 0.05) is 16.0 Å². The number of carboxylic acids is 1. The van der Waals surface area contributed by atoms with Crippen LogP contribution in [0, 0.1) is 9.39 Å². The highest BCUT2D eigenvalue weighted by Gasteiger charge is 2.22. The molecule has 112 valence electrons. The third-order valence-electron chi connectivity index (χ3n) is 2.94. The molecular formula is C14H7BrFIN2O3. The molecule has 0 spiro atoms. The van der Waals surface area contributed by atoms with Crippen LogP contribution in [0.5, 0.6) is 0 Å². The molecule has 0 aliphatic heterocycles. The van der Waals surface area contributed by atoms with E-state index in [9.17, 15) is 14.3 Å². The zero-order valence-corrected chi connectivity index (χ0v) is 14.5. The molecule has 0 saturated carbocycles. The number of carbonyl (C=O) groups is 1. The number of hydrogen-bond donors (Lipinski definition) is 2. The average Bonchev–Trinajstić information content (AvgIpc) is 2.82. The monoisotopic (exact) mass is 476 g/mol. The Balaban J connectivity index is 2.18. The SMILES string of the molecule is O=C(O)c1oc2c(Br)cncc2c1Nc1ccc(I)cc1F. The van der Waals surface area contributed by atoms with E-state index in [0.717, 1.165) is 3.57 Å². The van der Waals surface area contributed by atoms with E-state index in [-0.39, 0.29) is 17.1 Å². The predicted octanol–water partition coefficient (Wildman–Crippen LogP) is 4.78. The van der Waals surface area contributed by atoms with Gasteiger partial charge in [-0.25, -0.2) is 9.18 Å². The van der Waals surface area contributed by atoms with Crippen LogP contribution in [0.3, 0.4) is 0 Å². The highest BCUT2D eigenvalue weighted by Crippen LogP contribution is 2.36. The first kappa shape index (κ1) is 15.2. The Bertz CT molecular complexity index is 897. The van der Waals surface area contributed by atoms with Crippen molar-refractivity contribution in [2.24, 2.45) is 0 Å². The summed E-state index contributed by atoms with van der Waals surface area (Å²) in [7, 11) is 0. The van der Waals surface area contributed by atoms with Gasteiger partial charge < -0.3 is 14.8 Å². The minimum absolute atomic E-state index is 0.158. The molecule has 22 heavy (non-hydrogen) atoms. The Morgan fingerprint density at radius 1 is 1.41 bits per heavy atom. The van der Waals surface area contributed by atoms with Gasteiger partial charge in [-0.1, -0.05) is 0 Å². The number of pyridine rings is 1. The molecule has 0 fully saturated rings. The number of hydrogen-bond acceptors (Lipinski definition) is 4. The molecule has 0 amide bonds. The summed E-state index contributed by atoms with van der Waals surface area (Å²) in [6.45, 7) is 0. The maximum absolute atomic E-state index is 14.0. The second-order valence-electron chi connectivity index (χ2n) is 4.36. The van der Waals surface area contributed by atoms with Crippen molar-refractivity contribution in [2.45, 2.75) is 0 Å². The molecule has 0 saturated heterocycles. The number of aromatic carboxylic acids is 1. The topological polar surface area (TPSA) is 75.4 Å². The molecule has 0 aliphatic carbocycles. The van der Waals surface area contributed by atoms with Gasteiger partial charge in [-0.2, -0.15) is 0 Å². The van der Waals surface area contributed by atoms with Gasteiger partial charge in [0.25, 0.3) is 0 Å². The zero-order valence-electron chi connectivity index (χ0n) is 10.7. The van der Waals surface area contributed by atoms with Crippen LogP contribution in [0.15, 0.2) is 39.5 Å². The van der Waals surface area contributed by atoms with Crippen molar-refractivity contribution >= 4 is 66.8 Å². The maximum Gasteiger partial charge on any atom is 0.374 e. The number of halogens is 3. The summed E-state index contributed by atoms with van der Waals surface area (Å²) < 4.78 is 20.6. The first-order valence-electron chi connectivity index (χ1n) is 5.98. The van der Waals surface area contributed by atoms with E-state index in [2.05, 4.69) is 26.2 Å². The van der Waals surface area contributed by atoms with E-state index in [4.69, 9.17) is 4.42 Å². The van der Waals surface area contributed by atoms with Crippen molar-refractivity contribution in [3.05, 3.63) is 50.2 Å². The molecule has 2 aromatic heterocycles. The molecule has 1 aromatic carbocycles. The van der Waals surface area contributed by atoms with Crippen molar-refractivity contribution in [2.75, 3.05) is 5.32 Å². The quantitative estimate of drug-likeness (QED) is 0.532. The summed E-state index contributed by atoms with van der Waals surface area (Å²) in [5.74, 6) is -2.04. The fourth-order valence-corrected chi connectivity index (χ4v) is 2.85. The summed E-state index contributed by atoms with van der Waals surface area (Å²) in [6, 6.07) is 4.59. The fourth-order valence-electron chi connectivity index (χ4n) is 1.98. The number of benzene rings is 1. The molecule has 5 nitrogen and oxygen atoms in total. The minimum Gasteiger partial charge on any atom is -0.475 e. The zero-order chi connectivity index (χ0) is 15.9. The Labute approximate surface area is 145 Å². The van der Waals surface area contributed by atoms with Gasteiger partial charge in [-0.05, 0) is 56.7 Å². The second kappa shape index (κ2) is 5.84. The van der Waals surface area contributed by atoms with Crippen LogP contribution in [0.4, 0.5) is 15.8 Å². The first-order valence-corrected chi connectivity index (χ1v) is 7.86. The van der Waals surface area contributed by atoms with Crippen LogP contribution >= 0.6 is 38.5 Å². The number of rotatable bonds is 3. The van der Waals surface area contributed by atoms with Crippen LogP contribution in [0.1, 0.15) is 10.6 Å². The molecule has 0 bridgehead atoms. The highest BCUT2D eigenvalue weighted by atomic mass is 127. The van der Waals surface area contributed by atoms with E-state index in [1.807, 2.05) is 22.6 Å². The molecule has 0 radical (unpaired) electrons. The van der Waals surface area contributed by atoms with Gasteiger partial charge in [0.1, 0.15) is 11.5 Å². The van der Waals surface area contributed by atoms with Gasteiger partial charge in [0.2, 0.25) is 5.76 Å². The molecular weight excluding hydrogens is 470 g/mol. The predicted molar refractivity (Wildman–Crippen MR) is 91.1 cm³/mol. The lowest BCUT2D eigenvalue weighted by Crippen LogP contribution is -2.01. The number of anilines is 2. The van der Waals surface area contributed by atoms with Crippen molar-refractivity contribution in [1.29, 1.82) is 0 Å². The number of nitrogens with one attached hydrogen (secondary N) is 1. The Morgan fingerprint density at radius 2 is 2.18 bits per heavy atom. The van der Waals surface area contributed by atoms with Gasteiger partial charge in [0.15, 0.2) is 5.58 Å². The highest BCUT2D eigenvalue weighted by molar-refractivity contribution is 14.1. The van der Waals surface area contributed by atoms with Gasteiger partial charge in [-0.15, -0.1) is 0 Å². The second-order valence-corrected chi connectivity index (χ2v) is 6.46. The summed E-state index contributed by atoms with van der Waals surface area (Å²) in [6.07, 6.45) is 2.95. The molecule has 0 aliphatic rings. The molecule has 3 aromatic rings. The Hall–Kier alpha value is -1.68. The number of aromatic nitrogens is 1. The normalized spacial score (nSPS) is 10.9. The van der Waals surface area contributed by atoms with E-state index in [0.29, 0.717) is 15.4 Å². The number of carboxylic acid groups (broad SMARTS) is 1. The van der Waals surface area contributed by atoms with Gasteiger partial charge >= 0.3 is 5.97 Å². The van der Waals surface area contributed by atoms with Crippen LogP contribution in [0.25, 0.3) is 11.0 Å². The molecule has 8 heteroatoms. The summed E-state index contributed by atoms with van der Waals surface area (Å²) in [5, 5.41) is 12.5. The molecule has 3 rings (SSSR count). The average molecular weight is 477 g/mol. The molecule has 2 N–H and O–H groups in total. The number of fused-ring (bicyclic) bond motifs is 1. The van der Waals surface area contributed by atoms with Crippen molar-refractivity contribution in [3.63, 3.8) is 0 Å². The van der Waals surface area contributed by atoms with E-state index < -0.39 is 11.8 Å². The van der Waals surface area contributed by atoms with Gasteiger partial charge in [0.05, 0.1) is 15.5 Å². The minimum atomic E-state index is -1.25. The van der Waals surface area contributed by atoms with Crippen LogP contribution in [-0.2, 0) is 0 Å². The fraction of sp³-hybridized carbons (Fsp3) is 0. The lowest BCUT2D eigenvalue weighted by molar-refractivity contribution is 0.0666. The molecule has 0 unspecified atom stereocenters. The summed E-state index contributed by atoms with van der Waals surface area (Å²) in [4.78, 5) is 15.4. The first-order chi connectivity index (χ1) is 10.5. The van der Waals surface area contributed by atoms with Crippen molar-refractivity contribution in [3.8, 4) is 0 Å². The molecule has 0 atom stereocenters. The van der Waals surface area contributed by atoms with Gasteiger partial charge in [-0.3, -0.25) is 4.98 Å². The van der Waals surface area contributed by atoms with E-state index >= 15 is 0 Å². The lowest BCUT2D eigenvalue weighted by atomic mass is 10.2. The smallest absolute Gasteiger partial charge is 0.374 e. The van der Waals surface area contributed by atoms with Crippen molar-refractivity contribution < 1.29 is 18.7 Å². The van der Waals surface area contributed by atoms with E-state index in [1.165, 1.54) is 24.5 Å². The standard InChI is InChI=1S/C14H7BrFIN2O3/c15-8-5-18-4-7-11(13(14(20)21)22-12(7)8)19-10-2-1-6(17)3-9(10)16/h1-5,19H,(H,20,21). The third-order valence-corrected chi connectivity index (χ3v) is 4.17. The lowest BCUT2D eigenvalue weighted by Gasteiger charge is -2.07. The van der Waals surface area contributed by atoms with Crippen LogP contribution in [-0.4, -0.2) is 16.1 Å². The summed E-state index contributed by atoms with van der Waals surface area (Å²) >= 11 is 5.24. The maximum atomic E-state index is 14.0. The Morgan fingerprint density at radius 3 is 2.86 bits per heavy atom.